The van der Waals surface area contributed by atoms with Crippen molar-refractivity contribution >= 4 is 21.9 Å². The van der Waals surface area contributed by atoms with Gasteiger partial charge in [0.05, 0.1) is 5.70 Å². The summed E-state index contributed by atoms with van der Waals surface area (Å²) in [6, 6.07) is 14.7. The molecule has 2 aromatic rings. The summed E-state index contributed by atoms with van der Waals surface area (Å²) < 4.78 is 30.5. The van der Waals surface area contributed by atoms with E-state index in [4.69, 9.17) is 4.18 Å². The smallest absolute Gasteiger partial charge is 0.366 e. The quantitative estimate of drug-likeness (QED) is 0.800. The van der Waals surface area contributed by atoms with Crippen molar-refractivity contribution in [2.75, 3.05) is 0 Å². The molecule has 5 nitrogen and oxygen atoms in total. The van der Waals surface area contributed by atoms with Crippen LogP contribution in [0.4, 0.5) is 0 Å². The molecule has 122 valence electrons. The van der Waals surface area contributed by atoms with Gasteiger partial charge in [-0.3, -0.25) is 4.79 Å². The second kappa shape index (κ2) is 5.21. The number of hydrogen-bond donors (Lipinski definition) is 0. The molecule has 0 bridgehead atoms. The minimum atomic E-state index is -4.14. The third-order valence-electron chi connectivity index (χ3n) is 4.25. The van der Waals surface area contributed by atoms with Gasteiger partial charge in [0.25, 0.3) is 0 Å². The monoisotopic (exact) mass is 341 g/mol. The van der Waals surface area contributed by atoms with Gasteiger partial charge in [-0.2, -0.15) is 12.7 Å². The van der Waals surface area contributed by atoms with E-state index in [0.717, 1.165) is 15.4 Å². The van der Waals surface area contributed by atoms with Crippen LogP contribution in [-0.2, 0) is 15.1 Å². The number of rotatable bonds is 1. The van der Waals surface area contributed by atoms with Crippen LogP contribution < -0.4 is 4.18 Å². The van der Waals surface area contributed by atoms with E-state index in [-0.39, 0.29) is 18.1 Å². The number of carbonyl (C=O) groups is 1. The van der Waals surface area contributed by atoms with E-state index in [0.29, 0.717) is 11.3 Å². The van der Waals surface area contributed by atoms with Crippen LogP contribution in [0.2, 0.25) is 0 Å². The summed E-state index contributed by atoms with van der Waals surface area (Å²) >= 11 is 0. The van der Waals surface area contributed by atoms with Crippen LogP contribution in [0.15, 0.2) is 54.6 Å². The number of amides is 1. The van der Waals surface area contributed by atoms with Gasteiger partial charge >= 0.3 is 10.3 Å². The maximum atomic E-state index is 12.5. The number of benzene rings is 2. The lowest BCUT2D eigenvalue weighted by Gasteiger charge is -2.34. The zero-order valence-electron chi connectivity index (χ0n) is 13.0. The van der Waals surface area contributed by atoms with E-state index in [1.165, 1.54) is 0 Å². The molecule has 0 aromatic heterocycles. The Hall–Kier alpha value is -2.60. The molecule has 6 heteroatoms. The fourth-order valence-electron chi connectivity index (χ4n) is 3.18. The van der Waals surface area contributed by atoms with Gasteiger partial charge in [-0.25, -0.2) is 0 Å². The molecule has 0 radical (unpaired) electrons. The van der Waals surface area contributed by atoms with Crippen molar-refractivity contribution in [3.8, 4) is 5.75 Å². The van der Waals surface area contributed by atoms with Crippen LogP contribution in [0, 0.1) is 6.92 Å². The zero-order chi connectivity index (χ0) is 16.9. The molecule has 1 atom stereocenters. The van der Waals surface area contributed by atoms with Gasteiger partial charge in [0.1, 0.15) is 0 Å². The molecule has 0 spiro atoms. The summed E-state index contributed by atoms with van der Waals surface area (Å²) in [5, 5.41) is 0. The number of hydrogen-bond acceptors (Lipinski definition) is 4. The van der Waals surface area contributed by atoms with Crippen LogP contribution in [0.5, 0.6) is 5.75 Å². The maximum Gasteiger partial charge on any atom is 0.416 e. The molecule has 0 saturated heterocycles. The first-order chi connectivity index (χ1) is 11.5. The molecule has 2 aliphatic rings. The predicted octanol–water partition coefficient (Wildman–Crippen LogP) is 2.99. The lowest BCUT2D eigenvalue weighted by molar-refractivity contribution is -0.125. The van der Waals surface area contributed by atoms with Crippen molar-refractivity contribution < 1.29 is 17.4 Å². The van der Waals surface area contributed by atoms with Crippen molar-refractivity contribution in [2.24, 2.45) is 0 Å². The third kappa shape index (κ3) is 2.30. The molecule has 0 unspecified atom stereocenters. The van der Waals surface area contributed by atoms with E-state index < -0.39 is 16.2 Å². The highest BCUT2D eigenvalue weighted by Crippen LogP contribution is 2.42. The summed E-state index contributed by atoms with van der Waals surface area (Å²) in [7, 11) is -4.14. The fraction of sp³-hybridized carbons (Fsp3) is 0.167. The number of para-hydroxylation sites is 1. The molecule has 2 heterocycles. The standard InChI is InChI=1S/C18H15NO4S/c1-12-5-4-6-13(9-12)14-10-16-15-7-2-3-8-17(15)23-24(21,22)19(16)18(20)11-14/h2-10,14H,11H2,1H3/t14-/m1/s1. The van der Waals surface area contributed by atoms with Gasteiger partial charge in [-0.1, -0.05) is 48.0 Å². The van der Waals surface area contributed by atoms with E-state index in [2.05, 4.69) is 0 Å². The van der Waals surface area contributed by atoms with Gasteiger partial charge in [-0.15, -0.1) is 0 Å². The summed E-state index contributed by atoms with van der Waals surface area (Å²) in [5.41, 5.74) is 3.08. The molecule has 4 rings (SSSR count). The molecule has 2 aromatic carbocycles. The van der Waals surface area contributed by atoms with Gasteiger partial charge < -0.3 is 4.18 Å². The molecular weight excluding hydrogens is 326 g/mol. The zero-order valence-corrected chi connectivity index (χ0v) is 13.8. The van der Waals surface area contributed by atoms with Crippen LogP contribution in [0.1, 0.15) is 29.0 Å². The van der Waals surface area contributed by atoms with Crippen molar-refractivity contribution in [1.82, 2.24) is 4.31 Å². The van der Waals surface area contributed by atoms with E-state index in [1.807, 2.05) is 37.3 Å². The van der Waals surface area contributed by atoms with Gasteiger partial charge in [0, 0.05) is 17.9 Å². The molecule has 0 N–H and O–H groups in total. The Kier molecular flexibility index (Phi) is 3.25. The highest BCUT2D eigenvalue weighted by Gasteiger charge is 2.42. The minimum Gasteiger partial charge on any atom is -0.366 e. The highest BCUT2D eigenvalue weighted by molar-refractivity contribution is 7.85. The second-order valence-corrected chi connectivity index (χ2v) is 7.36. The number of fused-ring (bicyclic) bond motifs is 3. The first kappa shape index (κ1) is 15.0. The molecule has 0 fully saturated rings. The van der Waals surface area contributed by atoms with E-state index >= 15 is 0 Å². The molecule has 24 heavy (non-hydrogen) atoms. The normalized spacial score (nSPS) is 21.4. The Bertz CT molecular complexity index is 978. The molecule has 0 saturated carbocycles. The van der Waals surface area contributed by atoms with Crippen molar-refractivity contribution in [2.45, 2.75) is 19.3 Å². The lowest BCUT2D eigenvalue weighted by atomic mass is 9.89. The average Bonchev–Trinajstić information content (AvgIpc) is 2.53. The Morgan fingerprint density at radius 3 is 2.71 bits per heavy atom. The van der Waals surface area contributed by atoms with Gasteiger partial charge in [0.2, 0.25) is 5.91 Å². The molecule has 1 amide bonds. The summed E-state index contributed by atoms with van der Waals surface area (Å²) in [6.07, 6.45) is 1.94. The van der Waals surface area contributed by atoms with E-state index in [1.54, 1.807) is 24.3 Å². The second-order valence-electron chi connectivity index (χ2n) is 5.97. The fourth-order valence-corrected chi connectivity index (χ4v) is 4.35. The highest BCUT2D eigenvalue weighted by atomic mass is 32.2. The Morgan fingerprint density at radius 1 is 1.12 bits per heavy atom. The SMILES string of the molecule is Cc1cccc([C@@H]2C=C3c4ccccc4OS(=O)(=O)N3C(=O)C2)c1. The molecule has 2 aliphatic heterocycles. The lowest BCUT2D eigenvalue weighted by Crippen LogP contribution is -2.43. The number of nitrogens with zero attached hydrogens (tertiary/aromatic N) is 1. The Balaban J connectivity index is 1.90. The predicted molar refractivity (Wildman–Crippen MR) is 89.3 cm³/mol. The Labute approximate surface area is 140 Å². The summed E-state index contributed by atoms with van der Waals surface area (Å²) in [5.74, 6) is -0.392. The van der Waals surface area contributed by atoms with Gasteiger partial charge in [-0.05, 0) is 24.6 Å². The molecular formula is C18H15NO4S. The van der Waals surface area contributed by atoms with Crippen molar-refractivity contribution in [3.05, 3.63) is 71.3 Å². The Morgan fingerprint density at radius 2 is 1.92 bits per heavy atom. The first-order valence-electron chi connectivity index (χ1n) is 7.61. The van der Waals surface area contributed by atoms with Crippen molar-refractivity contribution in [1.29, 1.82) is 0 Å². The number of allylic oxidation sites excluding steroid dienone is 1. The van der Waals surface area contributed by atoms with Gasteiger partial charge in [0.15, 0.2) is 5.75 Å². The largest absolute Gasteiger partial charge is 0.416 e. The molecule has 0 aliphatic carbocycles. The van der Waals surface area contributed by atoms with Crippen LogP contribution in [0.25, 0.3) is 5.70 Å². The maximum absolute atomic E-state index is 12.5. The third-order valence-corrected chi connectivity index (χ3v) is 5.49. The first-order valence-corrected chi connectivity index (χ1v) is 8.97. The average molecular weight is 341 g/mol. The van der Waals surface area contributed by atoms with E-state index in [9.17, 15) is 13.2 Å². The van der Waals surface area contributed by atoms with Crippen LogP contribution >= 0.6 is 0 Å². The summed E-state index contributed by atoms with van der Waals surface area (Å²) in [4.78, 5) is 12.5. The minimum absolute atomic E-state index is 0.0950. The number of aryl methyl sites for hydroxylation is 1. The van der Waals surface area contributed by atoms with Crippen LogP contribution in [0.3, 0.4) is 0 Å². The summed E-state index contributed by atoms with van der Waals surface area (Å²) in [6.45, 7) is 1.99. The van der Waals surface area contributed by atoms with Crippen LogP contribution in [-0.4, -0.2) is 18.6 Å². The van der Waals surface area contributed by atoms with Crippen molar-refractivity contribution in [3.63, 3.8) is 0 Å². The number of carbonyl (C=O) groups excluding carboxylic acids is 1. The topological polar surface area (TPSA) is 63.7 Å².